The summed E-state index contributed by atoms with van der Waals surface area (Å²) in [6, 6.07) is 5.33. The Kier molecular flexibility index (Phi) is 3.96. The van der Waals surface area contributed by atoms with Gasteiger partial charge in [0.25, 0.3) is 0 Å². The highest BCUT2D eigenvalue weighted by Gasteiger charge is 2.55. The van der Waals surface area contributed by atoms with E-state index in [0.29, 0.717) is 28.0 Å². The largest absolute Gasteiger partial charge is 0.486 e. The number of ketones is 1. The first-order valence-electron chi connectivity index (χ1n) is 7.27. The van der Waals surface area contributed by atoms with Gasteiger partial charge in [0.1, 0.15) is 11.9 Å². The van der Waals surface area contributed by atoms with Crippen LogP contribution in [0.4, 0.5) is 0 Å². The van der Waals surface area contributed by atoms with Crippen molar-refractivity contribution >= 4 is 29.0 Å². The van der Waals surface area contributed by atoms with E-state index in [0.717, 1.165) is 25.7 Å². The second-order valence-corrected chi connectivity index (χ2v) is 6.67. The molecule has 0 aromatic heterocycles. The normalized spacial score (nSPS) is 25.1. The molecule has 2 nitrogen and oxygen atoms in total. The zero-order chi connectivity index (χ0) is 14.2. The first-order valence-corrected chi connectivity index (χ1v) is 8.03. The van der Waals surface area contributed by atoms with Gasteiger partial charge in [-0.2, -0.15) is 0 Å². The molecule has 2 fully saturated rings. The fourth-order valence-corrected chi connectivity index (χ4v) is 3.95. The second-order valence-electron chi connectivity index (χ2n) is 5.85. The summed E-state index contributed by atoms with van der Waals surface area (Å²) in [5.74, 6) is 0.879. The van der Waals surface area contributed by atoms with Gasteiger partial charge in [0.15, 0.2) is 5.75 Å². The molecule has 20 heavy (non-hydrogen) atoms. The fourth-order valence-electron chi connectivity index (χ4n) is 3.47. The van der Waals surface area contributed by atoms with Crippen molar-refractivity contribution in [3.63, 3.8) is 0 Å². The standard InChI is InChI=1S/C16H18Cl2O2/c17-11-6-5-7-12(18)15(11)20-14-10-13(19)16(14)8-3-1-2-4-9-16/h5-7,14H,1-4,8-10H2. The number of carbonyl (C=O) groups is 1. The van der Waals surface area contributed by atoms with Crippen LogP contribution in [-0.4, -0.2) is 11.9 Å². The minimum Gasteiger partial charge on any atom is -0.486 e. The summed E-state index contributed by atoms with van der Waals surface area (Å²) in [5.41, 5.74) is -0.279. The molecule has 0 heterocycles. The first kappa shape index (κ1) is 14.2. The number of hydrogen-bond donors (Lipinski definition) is 0. The van der Waals surface area contributed by atoms with Crippen LogP contribution in [0.5, 0.6) is 5.75 Å². The molecule has 1 atom stereocenters. The number of carbonyl (C=O) groups excluding carboxylic acids is 1. The highest BCUT2D eigenvalue weighted by Crippen LogP contribution is 2.50. The van der Waals surface area contributed by atoms with Gasteiger partial charge in [0, 0.05) is 6.42 Å². The molecule has 0 radical (unpaired) electrons. The SMILES string of the molecule is O=C1CC(Oc2c(Cl)cccc2Cl)C12CCCCCC2. The van der Waals surface area contributed by atoms with Crippen LogP contribution in [0.1, 0.15) is 44.9 Å². The molecule has 0 saturated heterocycles. The van der Waals surface area contributed by atoms with Crippen molar-refractivity contribution in [3.8, 4) is 5.75 Å². The fraction of sp³-hybridized carbons (Fsp3) is 0.562. The highest BCUT2D eigenvalue weighted by atomic mass is 35.5. The summed E-state index contributed by atoms with van der Waals surface area (Å²) >= 11 is 12.3. The van der Waals surface area contributed by atoms with Crippen LogP contribution in [0.2, 0.25) is 10.0 Å². The average Bonchev–Trinajstić information content (AvgIpc) is 2.69. The quantitative estimate of drug-likeness (QED) is 0.763. The topological polar surface area (TPSA) is 26.3 Å². The lowest BCUT2D eigenvalue weighted by Gasteiger charge is -2.47. The van der Waals surface area contributed by atoms with E-state index >= 15 is 0 Å². The Hall–Kier alpha value is -0.730. The van der Waals surface area contributed by atoms with E-state index in [2.05, 4.69) is 0 Å². The van der Waals surface area contributed by atoms with Crippen molar-refractivity contribution in [1.82, 2.24) is 0 Å². The summed E-state index contributed by atoms with van der Waals surface area (Å²) in [7, 11) is 0. The van der Waals surface area contributed by atoms with E-state index < -0.39 is 0 Å². The Morgan fingerprint density at radius 2 is 1.65 bits per heavy atom. The zero-order valence-electron chi connectivity index (χ0n) is 11.3. The van der Waals surface area contributed by atoms with Crippen LogP contribution >= 0.6 is 23.2 Å². The molecule has 2 saturated carbocycles. The van der Waals surface area contributed by atoms with E-state index in [9.17, 15) is 4.79 Å². The van der Waals surface area contributed by atoms with Gasteiger partial charge in [-0.15, -0.1) is 0 Å². The molecule has 1 spiro atoms. The van der Waals surface area contributed by atoms with Gasteiger partial charge in [-0.3, -0.25) is 4.79 Å². The lowest BCUT2D eigenvalue weighted by Crippen LogP contribution is -2.56. The van der Waals surface area contributed by atoms with Crippen LogP contribution in [0.3, 0.4) is 0 Å². The van der Waals surface area contributed by atoms with Gasteiger partial charge < -0.3 is 4.74 Å². The lowest BCUT2D eigenvalue weighted by molar-refractivity contribution is -0.154. The molecule has 3 rings (SSSR count). The number of halogens is 2. The number of hydrogen-bond acceptors (Lipinski definition) is 2. The average molecular weight is 313 g/mol. The van der Waals surface area contributed by atoms with Gasteiger partial charge in [-0.1, -0.05) is 55.0 Å². The predicted octanol–water partition coefficient (Wildman–Crippen LogP) is 5.05. The maximum absolute atomic E-state index is 12.2. The predicted molar refractivity (Wildman–Crippen MR) is 80.6 cm³/mol. The van der Waals surface area contributed by atoms with Gasteiger partial charge in [0.05, 0.1) is 15.5 Å². The van der Waals surface area contributed by atoms with Crippen molar-refractivity contribution in [2.24, 2.45) is 5.41 Å². The van der Waals surface area contributed by atoms with E-state index in [1.165, 1.54) is 12.8 Å². The molecule has 108 valence electrons. The first-order chi connectivity index (χ1) is 9.63. The molecule has 2 aliphatic rings. The van der Waals surface area contributed by atoms with Crippen LogP contribution in [-0.2, 0) is 4.79 Å². The van der Waals surface area contributed by atoms with E-state index in [4.69, 9.17) is 27.9 Å². The van der Waals surface area contributed by atoms with Gasteiger partial charge >= 0.3 is 0 Å². The third-order valence-corrected chi connectivity index (χ3v) is 5.31. The van der Waals surface area contributed by atoms with Crippen LogP contribution in [0.15, 0.2) is 18.2 Å². The Morgan fingerprint density at radius 3 is 2.20 bits per heavy atom. The minimum absolute atomic E-state index is 0.0644. The van der Waals surface area contributed by atoms with Crippen molar-refractivity contribution in [2.45, 2.75) is 51.0 Å². The molecule has 4 heteroatoms. The maximum atomic E-state index is 12.2. The molecule has 1 aromatic carbocycles. The third-order valence-electron chi connectivity index (χ3n) is 4.72. The Labute approximate surface area is 129 Å². The number of para-hydroxylation sites is 1. The molecule has 0 amide bonds. The lowest BCUT2D eigenvalue weighted by atomic mass is 9.60. The van der Waals surface area contributed by atoms with Gasteiger partial charge in [-0.25, -0.2) is 0 Å². The van der Waals surface area contributed by atoms with Crippen LogP contribution < -0.4 is 4.74 Å². The maximum Gasteiger partial charge on any atom is 0.156 e. The molecule has 1 unspecified atom stereocenters. The summed E-state index contributed by atoms with van der Waals surface area (Å²) in [6.45, 7) is 0. The minimum atomic E-state index is -0.279. The molecule has 1 aromatic rings. The Morgan fingerprint density at radius 1 is 1.05 bits per heavy atom. The highest BCUT2D eigenvalue weighted by molar-refractivity contribution is 6.37. The monoisotopic (exact) mass is 312 g/mol. The third kappa shape index (κ3) is 2.33. The van der Waals surface area contributed by atoms with E-state index in [1.54, 1.807) is 18.2 Å². The number of Topliss-reactive ketones (excluding diaryl/α,β-unsaturated/α-hetero) is 1. The van der Waals surface area contributed by atoms with Crippen LogP contribution in [0.25, 0.3) is 0 Å². The Bertz CT molecular complexity index is 499. The van der Waals surface area contributed by atoms with Gasteiger partial charge in [0.2, 0.25) is 0 Å². The molecule has 0 N–H and O–H groups in total. The summed E-state index contributed by atoms with van der Waals surface area (Å²) < 4.78 is 6.05. The van der Waals surface area contributed by atoms with Crippen molar-refractivity contribution in [1.29, 1.82) is 0 Å². The summed E-state index contributed by atoms with van der Waals surface area (Å²) in [4.78, 5) is 12.2. The molecule has 0 bridgehead atoms. The van der Waals surface area contributed by atoms with Gasteiger partial charge in [-0.05, 0) is 25.0 Å². The molecular weight excluding hydrogens is 295 g/mol. The zero-order valence-corrected chi connectivity index (χ0v) is 12.8. The Balaban J connectivity index is 1.82. The number of ether oxygens (including phenoxy) is 1. The number of rotatable bonds is 2. The van der Waals surface area contributed by atoms with E-state index in [1.807, 2.05) is 0 Å². The molecule has 0 aliphatic heterocycles. The smallest absolute Gasteiger partial charge is 0.156 e. The number of benzene rings is 1. The molecule has 2 aliphatic carbocycles. The van der Waals surface area contributed by atoms with Crippen LogP contribution in [0, 0.1) is 5.41 Å². The van der Waals surface area contributed by atoms with Crippen molar-refractivity contribution in [3.05, 3.63) is 28.2 Å². The van der Waals surface area contributed by atoms with Crippen molar-refractivity contribution < 1.29 is 9.53 Å². The summed E-state index contributed by atoms with van der Waals surface area (Å²) in [6.07, 6.45) is 6.97. The van der Waals surface area contributed by atoms with E-state index in [-0.39, 0.29) is 11.5 Å². The summed E-state index contributed by atoms with van der Waals surface area (Å²) in [5, 5.41) is 1.03. The van der Waals surface area contributed by atoms with Crippen molar-refractivity contribution in [2.75, 3.05) is 0 Å². The molecular formula is C16H18Cl2O2. The second kappa shape index (κ2) is 5.57.